The molecule has 3 N–H and O–H groups in total. The van der Waals surface area contributed by atoms with Crippen molar-refractivity contribution in [1.29, 1.82) is 0 Å². The Hall–Kier alpha value is -1.73. The molecule has 5 nitrogen and oxygen atoms in total. The molecule has 0 fully saturated rings. The maximum atomic E-state index is 12.2. The fourth-order valence-electron chi connectivity index (χ4n) is 1.40. The Labute approximate surface area is 109 Å². The molecular weight excluding hydrogens is 272 g/mol. The first kappa shape index (κ1) is 12.7. The zero-order chi connectivity index (χ0) is 13.3. The minimum Gasteiger partial charge on any atom is -0.508 e. The second kappa shape index (κ2) is 4.51. The minimum absolute atomic E-state index is 0.0879. The summed E-state index contributed by atoms with van der Waals surface area (Å²) in [5.74, 6) is 0.0879. The van der Waals surface area contributed by atoms with Crippen molar-refractivity contribution < 1.29 is 13.5 Å². The molecule has 0 aliphatic rings. The van der Waals surface area contributed by atoms with E-state index in [0.29, 0.717) is 11.4 Å². The zero-order valence-corrected chi connectivity index (χ0v) is 11.2. The van der Waals surface area contributed by atoms with Gasteiger partial charge in [-0.15, -0.1) is 11.3 Å². The topological polar surface area (TPSA) is 83.6 Å². The summed E-state index contributed by atoms with van der Waals surface area (Å²) in [7, 11) is -2.14. The van der Waals surface area contributed by atoms with Crippen LogP contribution in [0.15, 0.2) is 39.9 Å². The van der Waals surface area contributed by atoms with E-state index in [1.807, 2.05) is 0 Å². The summed E-state index contributed by atoms with van der Waals surface area (Å²) in [6, 6.07) is 7.36. The number of nitrogens with two attached hydrogens (primary N) is 1. The number of thiophene rings is 1. The van der Waals surface area contributed by atoms with Gasteiger partial charge in [0.1, 0.15) is 9.96 Å². The van der Waals surface area contributed by atoms with Gasteiger partial charge in [0.05, 0.1) is 5.69 Å². The molecule has 18 heavy (non-hydrogen) atoms. The fourth-order valence-corrected chi connectivity index (χ4v) is 3.85. The van der Waals surface area contributed by atoms with E-state index < -0.39 is 10.0 Å². The van der Waals surface area contributed by atoms with Gasteiger partial charge in [-0.05, 0) is 30.3 Å². The Balaban J connectivity index is 2.39. The van der Waals surface area contributed by atoms with Gasteiger partial charge in [0.15, 0.2) is 0 Å². The molecule has 0 aliphatic heterocycles. The summed E-state index contributed by atoms with van der Waals surface area (Å²) >= 11 is 1.08. The van der Waals surface area contributed by atoms with Crippen molar-refractivity contribution in [3.05, 3.63) is 35.7 Å². The van der Waals surface area contributed by atoms with E-state index >= 15 is 0 Å². The second-order valence-electron chi connectivity index (χ2n) is 3.69. The first-order valence-electron chi connectivity index (χ1n) is 5.03. The molecule has 0 aliphatic carbocycles. The van der Waals surface area contributed by atoms with Gasteiger partial charge in [0.25, 0.3) is 10.0 Å². The van der Waals surface area contributed by atoms with E-state index in [4.69, 9.17) is 5.73 Å². The normalized spacial score (nSPS) is 11.4. The van der Waals surface area contributed by atoms with E-state index in [9.17, 15) is 13.5 Å². The number of phenols is 1. The number of phenolic OH excluding ortho intramolecular Hbond substituents is 1. The summed E-state index contributed by atoms with van der Waals surface area (Å²) in [6.07, 6.45) is 0. The van der Waals surface area contributed by atoms with Gasteiger partial charge in [0.2, 0.25) is 0 Å². The third kappa shape index (κ3) is 2.27. The van der Waals surface area contributed by atoms with Gasteiger partial charge in [-0.1, -0.05) is 0 Å². The summed E-state index contributed by atoms with van der Waals surface area (Å²) in [6.45, 7) is 0. The van der Waals surface area contributed by atoms with Gasteiger partial charge in [0, 0.05) is 18.1 Å². The van der Waals surface area contributed by atoms with Crippen LogP contribution in [-0.2, 0) is 10.0 Å². The number of sulfonamides is 1. The summed E-state index contributed by atoms with van der Waals surface area (Å²) < 4.78 is 25.8. The van der Waals surface area contributed by atoms with E-state index in [0.717, 1.165) is 15.6 Å². The van der Waals surface area contributed by atoms with Crippen LogP contribution >= 0.6 is 11.3 Å². The molecule has 96 valence electrons. The van der Waals surface area contributed by atoms with Crippen molar-refractivity contribution in [3.8, 4) is 5.75 Å². The first-order valence-corrected chi connectivity index (χ1v) is 7.35. The smallest absolute Gasteiger partial charge is 0.273 e. The molecule has 1 aromatic carbocycles. The average Bonchev–Trinajstić information content (AvgIpc) is 2.76. The zero-order valence-electron chi connectivity index (χ0n) is 9.57. The largest absolute Gasteiger partial charge is 0.508 e. The molecule has 7 heteroatoms. The highest BCUT2D eigenvalue weighted by Crippen LogP contribution is 2.28. The second-order valence-corrected chi connectivity index (χ2v) is 6.80. The summed E-state index contributed by atoms with van der Waals surface area (Å²) in [5.41, 5.74) is 6.43. The maximum absolute atomic E-state index is 12.2. The van der Waals surface area contributed by atoms with Crippen molar-refractivity contribution in [2.24, 2.45) is 0 Å². The van der Waals surface area contributed by atoms with Crippen molar-refractivity contribution in [2.45, 2.75) is 4.21 Å². The van der Waals surface area contributed by atoms with Crippen molar-refractivity contribution in [3.63, 3.8) is 0 Å². The lowest BCUT2D eigenvalue weighted by Gasteiger charge is -2.18. The molecule has 2 aromatic rings. The van der Waals surface area contributed by atoms with Crippen LogP contribution in [0.2, 0.25) is 0 Å². The molecular formula is C11H12N2O3S2. The lowest BCUT2D eigenvalue weighted by Crippen LogP contribution is -2.25. The fraction of sp³-hybridized carbons (Fsp3) is 0.0909. The van der Waals surface area contributed by atoms with Gasteiger partial charge in [-0.25, -0.2) is 8.42 Å². The highest BCUT2D eigenvalue weighted by atomic mass is 32.2. The van der Waals surface area contributed by atoms with Crippen molar-refractivity contribution in [1.82, 2.24) is 0 Å². The standard InChI is InChI=1S/C11H12N2O3S2/c1-13(9-2-4-10(14)5-3-9)18(15,16)11-6-8(12)7-17-11/h2-7,14H,12H2,1H3. The number of hydrogen-bond donors (Lipinski definition) is 2. The summed E-state index contributed by atoms with van der Waals surface area (Å²) in [5, 5.41) is 10.8. The predicted octanol–water partition coefficient (Wildman–Crippen LogP) is 1.86. The van der Waals surface area contributed by atoms with Crippen LogP contribution in [0.3, 0.4) is 0 Å². The van der Waals surface area contributed by atoms with Gasteiger partial charge >= 0.3 is 0 Å². The molecule has 0 bridgehead atoms. The van der Waals surface area contributed by atoms with Crippen molar-refractivity contribution in [2.75, 3.05) is 17.1 Å². The van der Waals surface area contributed by atoms with Gasteiger partial charge < -0.3 is 10.8 Å². The van der Waals surface area contributed by atoms with Crippen LogP contribution in [-0.4, -0.2) is 20.6 Å². The van der Waals surface area contributed by atoms with Crippen molar-refractivity contribution >= 4 is 32.7 Å². The monoisotopic (exact) mass is 284 g/mol. The molecule has 0 saturated carbocycles. The Kier molecular flexibility index (Phi) is 3.18. The maximum Gasteiger partial charge on any atom is 0.273 e. The minimum atomic E-state index is -3.59. The van der Waals surface area contributed by atoms with Crippen LogP contribution in [0, 0.1) is 0 Å². The molecule has 2 rings (SSSR count). The lowest BCUT2D eigenvalue weighted by atomic mass is 10.3. The molecule has 0 saturated heterocycles. The van der Waals surface area contributed by atoms with E-state index in [-0.39, 0.29) is 9.96 Å². The summed E-state index contributed by atoms with van der Waals surface area (Å²) in [4.78, 5) is 0. The number of nitrogens with zero attached hydrogens (tertiary/aromatic N) is 1. The number of nitrogen functional groups attached to an aromatic ring is 1. The highest BCUT2D eigenvalue weighted by molar-refractivity contribution is 7.94. The number of benzene rings is 1. The van der Waals surface area contributed by atoms with Crippen LogP contribution in [0.5, 0.6) is 5.75 Å². The first-order chi connectivity index (χ1) is 8.41. The van der Waals surface area contributed by atoms with E-state index in [1.165, 1.54) is 37.4 Å². The van der Waals surface area contributed by atoms with Gasteiger partial charge in [-0.2, -0.15) is 0 Å². The quantitative estimate of drug-likeness (QED) is 0.901. The predicted molar refractivity (Wildman–Crippen MR) is 72.4 cm³/mol. The molecule has 1 heterocycles. The molecule has 0 atom stereocenters. The number of rotatable bonds is 3. The van der Waals surface area contributed by atoms with Crippen LogP contribution < -0.4 is 10.0 Å². The lowest BCUT2D eigenvalue weighted by molar-refractivity contribution is 0.475. The van der Waals surface area contributed by atoms with E-state index in [2.05, 4.69) is 0 Å². The SMILES string of the molecule is CN(c1ccc(O)cc1)S(=O)(=O)c1cc(N)cs1. The van der Waals surface area contributed by atoms with Crippen LogP contribution in [0.1, 0.15) is 0 Å². The van der Waals surface area contributed by atoms with E-state index in [1.54, 1.807) is 5.38 Å². The molecule has 0 radical (unpaired) electrons. The Bertz CT molecular complexity index is 647. The number of anilines is 2. The third-order valence-corrected chi connectivity index (χ3v) is 5.64. The Morgan fingerprint density at radius 2 is 1.89 bits per heavy atom. The third-order valence-electron chi connectivity index (χ3n) is 2.42. The molecule has 0 amide bonds. The van der Waals surface area contributed by atoms with Gasteiger partial charge in [-0.3, -0.25) is 4.31 Å². The average molecular weight is 284 g/mol. The molecule has 1 aromatic heterocycles. The van der Waals surface area contributed by atoms with Crippen LogP contribution in [0.25, 0.3) is 0 Å². The Morgan fingerprint density at radius 3 is 2.39 bits per heavy atom. The Morgan fingerprint density at radius 1 is 1.28 bits per heavy atom. The highest BCUT2D eigenvalue weighted by Gasteiger charge is 2.22. The number of hydrogen-bond acceptors (Lipinski definition) is 5. The van der Waals surface area contributed by atoms with Crippen LogP contribution in [0.4, 0.5) is 11.4 Å². The molecule has 0 spiro atoms. The number of aromatic hydroxyl groups is 1. The molecule has 0 unspecified atom stereocenters.